The Morgan fingerprint density at radius 3 is 2.65 bits per heavy atom. The van der Waals surface area contributed by atoms with Crippen molar-refractivity contribution in [2.24, 2.45) is 0 Å². The van der Waals surface area contributed by atoms with Crippen molar-refractivity contribution in [3.8, 4) is 0 Å². The van der Waals surface area contributed by atoms with Crippen LogP contribution in [0.5, 0.6) is 0 Å². The Bertz CT molecular complexity index is 962. The predicted octanol–water partition coefficient (Wildman–Crippen LogP) is 5.16. The van der Waals surface area contributed by atoms with Gasteiger partial charge in [0, 0.05) is 17.8 Å². The number of halogens is 2. The van der Waals surface area contributed by atoms with Crippen LogP contribution in [0.4, 0.5) is 5.69 Å². The first-order chi connectivity index (χ1) is 12.6. The van der Waals surface area contributed by atoms with Gasteiger partial charge in [0.15, 0.2) is 0 Å². The van der Waals surface area contributed by atoms with E-state index in [-0.39, 0.29) is 5.91 Å². The summed E-state index contributed by atoms with van der Waals surface area (Å²) >= 11 is 12.4. The van der Waals surface area contributed by atoms with Crippen molar-refractivity contribution in [3.05, 3.63) is 93.7 Å². The van der Waals surface area contributed by atoms with Crippen molar-refractivity contribution in [2.45, 2.75) is 12.7 Å². The number of hydrogen-bond acceptors (Lipinski definition) is 3. The number of nitrogens with zero attached hydrogens (tertiary/aromatic N) is 2. The summed E-state index contributed by atoms with van der Waals surface area (Å²) < 4.78 is 0. The first-order valence-electron chi connectivity index (χ1n) is 8.15. The average molecular weight is 384 g/mol. The van der Waals surface area contributed by atoms with Crippen molar-refractivity contribution >= 4 is 34.8 Å². The van der Waals surface area contributed by atoms with Crippen LogP contribution in [-0.2, 0) is 6.54 Å². The Kier molecular flexibility index (Phi) is 4.53. The molecule has 1 amide bonds. The van der Waals surface area contributed by atoms with Crippen LogP contribution >= 0.6 is 23.2 Å². The fraction of sp³-hybridized carbons (Fsp3) is 0.100. The highest BCUT2D eigenvalue weighted by molar-refractivity contribution is 6.35. The van der Waals surface area contributed by atoms with Crippen molar-refractivity contribution in [1.82, 2.24) is 9.88 Å². The van der Waals surface area contributed by atoms with Crippen molar-refractivity contribution in [1.29, 1.82) is 0 Å². The Labute approximate surface area is 161 Å². The van der Waals surface area contributed by atoms with Gasteiger partial charge in [-0.3, -0.25) is 9.78 Å². The van der Waals surface area contributed by atoms with Crippen LogP contribution in [-0.4, -0.2) is 15.8 Å². The number of amides is 1. The van der Waals surface area contributed by atoms with E-state index in [0.717, 1.165) is 5.56 Å². The zero-order valence-corrected chi connectivity index (χ0v) is 15.2. The molecule has 2 heterocycles. The lowest BCUT2D eigenvalue weighted by Crippen LogP contribution is -2.32. The van der Waals surface area contributed by atoms with Crippen LogP contribution in [0.15, 0.2) is 66.9 Å². The minimum absolute atomic E-state index is 0.0624. The molecule has 1 N–H and O–H groups in total. The molecule has 0 fully saturated rings. The van der Waals surface area contributed by atoms with E-state index in [1.54, 1.807) is 41.4 Å². The molecule has 4 rings (SSSR count). The Balaban J connectivity index is 1.72. The van der Waals surface area contributed by atoms with E-state index >= 15 is 0 Å². The number of rotatable bonds is 4. The van der Waals surface area contributed by atoms with Gasteiger partial charge < -0.3 is 10.2 Å². The quantitative estimate of drug-likeness (QED) is 0.676. The van der Waals surface area contributed by atoms with Crippen molar-refractivity contribution in [3.63, 3.8) is 0 Å². The summed E-state index contributed by atoms with van der Waals surface area (Å²) in [5.74, 6) is -0.0624. The predicted molar refractivity (Wildman–Crippen MR) is 103 cm³/mol. The zero-order chi connectivity index (χ0) is 18.1. The summed E-state index contributed by atoms with van der Waals surface area (Å²) in [4.78, 5) is 19.1. The molecule has 4 nitrogen and oxygen atoms in total. The van der Waals surface area contributed by atoms with Crippen LogP contribution in [0.3, 0.4) is 0 Å². The molecule has 0 spiro atoms. The molecule has 130 valence electrons. The molecular weight excluding hydrogens is 369 g/mol. The van der Waals surface area contributed by atoms with Crippen LogP contribution < -0.4 is 5.32 Å². The lowest BCUT2D eigenvalue weighted by molar-refractivity contribution is 0.0728. The minimum Gasteiger partial charge on any atom is -0.359 e. The number of benzene rings is 2. The molecule has 1 unspecified atom stereocenters. The smallest absolute Gasteiger partial charge is 0.258 e. The summed E-state index contributed by atoms with van der Waals surface area (Å²) in [6.45, 7) is 0.464. The van der Waals surface area contributed by atoms with E-state index in [9.17, 15) is 4.79 Å². The molecule has 2 aromatic carbocycles. The van der Waals surface area contributed by atoms with Gasteiger partial charge in [0.05, 0.1) is 22.0 Å². The van der Waals surface area contributed by atoms with Crippen LogP contribution in [0.2, 0.25) is 10.0 Å². The monoisotopic (exact) mass is 383 g/mol. The third-order valence-corrected chi connectivity index (χ3v) is 4.88. The standard InChI is InChI=1S/C20H15Cl2N3O/c21-14-8-9-16(22)17(11-14)24-19-18-15(7-4-10-23-18)20(26)25(19)12-13-5-2-1-3-6-13/h1-11,19,24H,12H2. The molecule has 0 saturated carbocycles. The van der Waals surface area contributed by atoms with Crippen molar-refractivity contribution < 1.29 is 4.79 Å². The summed E-state index contributed by atoms with van der Waals surface area (Å²) in [5.41, 5.74) is 2.98. The van der Waals surface area contributed by atoms with Gasteiger partial charge in [-0.1, -0.05) is 53.5 Å². The van der Waals surface area contributed by atoms with Crippen molar-refractivity contribution in [2.75, 3.05) is 5.32 Å². The molecule has 0 radical (unpaired) electrons. The van der Waals surface area contributed by atoms with E-state index in [2.05, 4.69) is 10.3 Å². The third-order valence-electron chi connectivity index (χ3n) is 4.32. The number of aromatic nitrogens is 1. The summed E-state index contributed by atoms with van der Waals surface area (Å²) in [6.07, 6.45) is 1.27. The first kappa shape index (κ1) is 16.9. The van der Waals surface area contributed by atoms with Crippen LogP contribution in [0.1, 0.15) is 27.8 Å². The lowest BCUT2D eigenvalue weighted by atomic mass is 10.2. The highest BCUT2D eigenvalue weighted by Gasteiger charge is 2.38. The third kappa shape index (κ3) is 3.14. The number of pyridine rings is 1. The first-order valence-corrected chi connectivity index (χ1v) is 8.90. The van der Waals surface area contributed by atoms with Crippen LogP contribution in [0, 0.1) is 0 Å². The van der Waals surface area contributed by atoms with Gasteiger partial charge in [0.25, 0.3) is 5.91 Å². The second-order valence-electron chi connectivity index (χ2n) is 6.03. The molecule has 1 aromatic heterocycles. The molecule has 26 heavy (non-hydrogen) atoms. The van der Waals surface area contributed by atoms with Gasteiger partial charge in [-0.25, -0.2) is 0 Å². The Hall–Kier alpha value is -2.56. The van der Waals surface area contributed by atoms with E-state index in [4.69, 9.17) is 23.2 Å². The highest BCUT2D eigenvalue weighted by Crippen LogP contribution is 2.36. The van der Waals surface area contributed by atoms with Crippen LogP contribution in [0.25, 0.3) is 0 Å². The van der Waals surface area contributed by atoms with E-state index in [1.165, 1.54) is 0 Å². The largest absolute Gasteiger partial charge is 0.359 e. The SMILES string of the molecule is O=C1c2cccnc2C(Nc2cc(Cl)ccc2Cl)N1Cc1ccccc1. The molecule has 6 heteroatoms. The molecular formula is C20H15Cl2N3O. The van der Waals surface area contributed by atoms with Gasteiger partial charge in [-0.05, 0) is 35.9 Å². The fourth-order valence-electron chi connectivity index (χ4n) is 3.08. The Morgan fingerprint density at radius 1 is 1.04 bits per heavy atom. The van der Waals surface area contributed by atoms with Gasteiger partial charge >= 0.3 is 0 Å². The number of carbonyl (C=O) groups excluding carboxylic acids is 1. The molecule has 0 saturated heterocycles. The van der Waals surface area contributed by atoms with Gasteiger partial charge in [-0.15, -0.1) is 0 Å². The number of fused-ring (bicyclic) bond motifs is 1. The fourth-order valence-corrected chi connectivity index (χ4v) is 3.42. The minimum atomic E-state index is -0.421. The maximum atomic E-state index is 12.9. The average Bonchev–Trinajstić information content (AvgIpc) is 2.92. The zero-order valence-electron chi connectivity index (χ0n) is 13.7. The molecule has 0 bridgehead atoms. The summed E-state index contributed by atoms with van der Waals surface area (Å²) in [5, 5.41) is 4.43. The number of nitrogens with one attached hydrogen (secondary N) is 1. The van der Waals surface area contributed by atoms with E-state index in [1.807, 2.05) is 30.3 Å². The van der Waals surface area contributed by atoms with E-state index in [0.29, 0.717) is 33.5 Å². The number of carbonyl (C=O) groups is 1. The Morgan fingerprint density at radius 2 is 1.85 bits per heavy atom. The van der Waals surface area contributed by atoms with Gasteiger partial charge in [0.1, 0.15) is 6.17 Å². The lowest BCUT2D eigenvalue weighted by Gasteiger charge is -2.27. The molecule has 1 aliphatic rings. The second kappa shape index (κ2) is 6.98. The molecule has 3 aromatic rings. The summed E-state index contributed by atoms with van der Waals surface area (Å²) in [6, 6.07) is 18.6. The second-order valence-corrected chi connectivity index (χ2v) is 6.87. The number of hydrogen-bond donors (Lipinski definition) is 1. The molecule has 1 aliphatic heterocycles. The molecule has 0 aliphatic carbocycles. The maximum absolute atomic E-state index is 12.9. The summed E-state index contributed by atoms with van der Waals surface area (Å²) in [7, 11) is 0. The van der Waals surface area contributed by atoms with Gasteiger partial charge in [0.2, 0.25) is 0 Å². The van der Waals surface area contributed by atoms with E-state index < -0.39 is 6.17 Å². The number of anilines is 1. The highest BCUT2D eigenvalue weighted by atomic mass is 35.5. The normalized spacial score (nSPS) is 15.8. The topological polar surface area (TPSA) is 45.2 Å². The maximum Gasteiger partial charge on any atom is 0.258 e. The van der Waals surface area contributed by atoms with Gasteiger partial charge in [-0.2, -0.15) is 0 Å². The molecule has 1 atom stereocenters.